The van der Waals surface area contributed by atoms with Gasteiger partial charge in [-0.05, 0) is 46.8 Å². The zero-order valence-corrected chi connectivity index (χ0v) is 13.0. The van der Waals surface area contributed by atoms with Crippen molar-refractivity contribution in [1.82, 2.24) is 0 Å². The minimum absolute atomic E-state index is 0.400. The van der Waals surface area contributed by atoms with Crippen molar-refractivity contribution in [2.45, 2.75) is 26.0 Å². The van der Waals surface area contributed by atoms with Gasteiger partial charge in [0.2, 0.25) is 6.10 Å². The Balaban J connectivity index is 2.99. The molecular weight excluding hydrogens is 421 g/mol. The molecule has 0 bridgehead atoms. The van der Waals surface area contributed by atoms with Crippen molar-refractivity contribution in [3.05, 3.63) is 31.2 Å². The van der Waals surface area contributed by atoms with E-state index in [4.69, 9.17) is 18.1 Å². The van der Waals surface area contributed by atoms with Crippen molar-refractivity contribution in [3.8, 4) is 5.75 Å². The number of rotatable bonds is 1. The van der Waals surface area contributed by atoms with Gasteiger partial charge in [-0.15, -0.1) is 0 Å². The van der Waals surface area contributed by atoms with Gasteiger partial charge in [0, 0.05) is 18.3 Å². The smallest absolute Gasteiger partial charge is 0.430 e. The summed E-state index contributed by atoms with van der Waals surface area (Å²) in [4.78, 5) is 11.3. The molecule has 1 atom stereocenters. The Hall–Kier alpha value is -1.02. The summed E-state index contributed by atoms with van der Waals surface area (Å²) in [5.74, 6) is -2.66. The SMILES string of the molecule is [2H]C([2H])([2H])c1c(Br)c2c(c(C([2H])([2H])[2H])c1Br)C=C(C(=O)O)C(C(F)(F)F)O2. The lowest BCUT2D eigenvalue weighted by Gasteiger charge is -2.29. The van der Waals surface area contributed by atoms with Gasteiger partial charge < -0.3 is 9.84 Å². The lowest BCUT2D eigenvalue weighted by Crippen LogP contribution is -2.40. The van der Waals surface area contributed by atoms with Crippen molar-refractivity contribution in [3.63, 3.8) is 0 Å². The molecule has 0 saturated heterocycles. The average Bonchev–Trinajstić information content (AvgIpc) is 2.41. The number of carbonyl (C=O) groups is 1. The molecule has 0 spiro atoms. The van der Waals surface area contributed by atoms with E-state index >= 15 is 0 Å². The van der Waals surface area contributed by atoms with E-state index in [2.05, 4.69) is 31.9 Å². The highest BCUT2D eigenvalue weighted by atomic mass is 79.9. The molecule has 1 aromatic rings. The maximum Gasteiger partial charge on any atom is 0.430 e. The topological polar surface area (TPSA) is 46.5 Å². The molecule has 21 heavy (non-hydrogen) atoms. The van der Waals surface area contributed by atoms with Crippen LogP contribution in [0.1, 0.15) is 24.9 Å². The van der Waals surface area contributed by atoms with E-state index < -0.39 is 68.9 Å². The predicted octanol–water partition coefficient (Wildman–Crippen LogP) is 4.62. The fourth-order valence-corrected chi connectivity index (χ4v) is 2.95. The van der Waals surface area contributed by atoms with Crippen LogP contribution in [0.5, 0.6) is 5.75 Å². The van der Waals surface area contributed by atoms with Crippen molar-refractivity contribution >= 4 is 43.9 Å². The normalized spacial score (nSPS) is 23.3. The highest BCUT2D eigenvalue weighted by molar-refractivity contribution is 9.11. The van der Waals surface area contributed by atoms with Gasteiger partial charge in [0.25, 0.3) is 0 Å². The number of alkyl halides is 3. The van der Waals surface area contributed by atoms with Crippen LogP contribution in [0, 0.1) is 13.7 Å². The Morgan fingerprint density at radius 2 is 1.95 bits per heavy atom. The monoisotopic (exact) mass is 434 g/mol. The molecule has 1 heterocycles. The molecule has 8 heteroatoms. The molecule has 1 N–H and O–H groups in total. The summed E-state index contributed by atoms with van der Waals surface area (Å²) in [6.45, 7) is -5.88. The third-order valence-corrected chi connectivity index (χ3v) is 4.28. The van der Waals surface area contributed by atoms with Crippen LogP contribution in [0.25, 0.3) is 6.08 Å². The van der Waals surface area contributed by atoms with Crippen LogP contribution < -0.4 is 4.74 Å². The highest BCUT2D eigenvalue weighted by Crippen LogP contribution is 2.46. The third-order valence-electron chi connectivity index (χ3n) is 2.73. The summed E-state index contributed by atoms with van der Waals surface area (Å²) in [7, 11) is 0. The van der Waals surface area contributed by atoms with E-state index in [1.54, 1.807) is 0 Å². The minimum Gasteiger partial charge on any atom is -0.478 e. The summed E-state index contributed by atoms with van der Waals surface area (Å²) >= 11 is 5.75. The number of ether oxygens (including phenoxy) is 1. The lowest BCUT2D eigenvalue weighted by atomic mass is 9.96. The van der Waals surface area contributed by atoms with E-state index in [-0.39, 0.29) is 0 Å². The van der Waals surface area contributed by atoms with Crippen molar-refractivity contribution < 1.29 is 36.0 Å². The second kappa shape index (κ2) is 5.31. The van der Waals surface area contributed by atoms with Crippen LogP contribution in [0.3, 0.4) is 0 Å². The van der Waals surface area contributed by atoms with Gasteiger partial charge in [0.1, 0.15) is 5.75 Å². The number of benzene rings is 1. The number of carboxylic acid groups (broad SMARTS) is 1. The maximum absolute atomic E-state index is 13.2. The number of hydrogen-bond acceptors (Lipinski definition) is 2. The molecule has 0 aromatic heterocycles. The van der Waals surface area contributed by atoms with Gasteiger partial charge >= 0.3 is 12.1 Å². The van der Waals surface area contributed by atoms with Crippen LogP contribution >= 0.6 is 31.9 Å². The Morgan fingerprint density at radius 1 is 1.33 bits per heavy atom. The fourth-order valence-electron chi connectivity index (χ4n) is 1.77. The van der Waals surface area contributed by atoms with Crippen molar-refractivity contribution in [1.29, 1.82) is 0 Å². The minimum atomic E-state index is -5.13. The number of hydrogen-bond donors (Lipinski definition) is 1. The molecule has 114 valence electrons. The van der Waals surface area contributed by atoms with Crippen LogP contribution in [0.4, 0.5) is 13.2 Å². The predicted molar refractivity (Wildman–Crippen MR) is 77.4 cm³/mol. The van der Waals surface area contributed by atoms with Crippen LogP contribution in [0.15, 0.2) is 14.5 Å². The van der Waals surface area contributed by atoms with E-state index in [1.165, 1.54) is 0 Å². The summed E-state index contributed by atoms with van der Waals surface area (Å²) in [5, 5.41) is 9.11. The first kappa shape index (κ1) is 9.89. The molecule has 0 saturated carbocycles. The van der Waals surface area contributed by atoms with E-state index in [0.29, 0.717) is 6.08 Å². The van der Waals surface area contributed by atoms with Gasteiger partial charge in [0.15, 0.2) is 0 Å². The largest absolute Gasteiger partial charge is 0.478 e. The number of halogens is 5. The Labute approximate surface area is 143 Å². The second-order valence-corrected chi connectivity index (χ2v) is 5.65. The lowest BCUT2D eigenvalue weighted by molar-refractivity contribution is -0.187. The van der Waals surface area contributed by atoms with Gasteiger partial charge in [-0.1, -0.05) is 15.9 Å². The molecule has 2 rings (SSSR count). The van der Waals surface area contributed by atoms with Gasteiger partial charge in [-0.2, -0.15) is 13.2 Å². The molecular formula is C13H9Br2F3O3. The molecule has 1 aliphatic rings. The zero-order chi connectivity index (χ0) is 21.1. The Bertz CT molecular complexity index is 846. The number of aliphatic carboxylic acids is 1. The summed E-state index contributed by atoms with van der Waals surface area (Å²) in [6, 6.07) is 0. The van der Waals surface area contributed by atoms with Crippen molar-refractivity contribution in [2.24, 2.45) is 0 Å². The zero-order valence-electron chi connectivity index (χ0n) is 15.8. The first-order valence-electron chi connectivity index (χ1n) is 8.22. The first-order chi connectivity index (χ1) is 12.0. The second-order valence-electron chi connectivity index (χ2n) is 4.07. The van der Waals surface area contributed by atoms with Gasteiger partial charge in [-0.25, -0.2) is 4.79 Å². The Morgan fingerprint density at radius 3 is 2.43 bits per heavy atom. The van der Waals surface area contributed by atoms with Gasteiger partial charge in [-0.3, -0.25) is 0 Å². The fraction of sp³-hybridized carbons (Fsp3) is 0.308. The molecule has 0 amide bonds. The molecule has 1 aliphatic heterocycles. The van der Waals surface area contributed by atoms with E-state index in [0.717, 1.165) is 0 Å². The quantitative estimate of drug-likeness (QED) is 0.700. The molecule has 0 fully saturated rings. The molecule has 1 aromatic carbocycles. The maximum atomic E-state index is 13.2. The van der Waals surface area contributed by atoms with Gasteiger partial charge in [0.05, 0.1) is 10.0 Å². The van der Waals surface area contributed by atoms with Crippen LogP contribution in [0.2, 0.25) is 0 Å². The first-order valence-corrected chi connectivity index (χ1v) is 6.80. The number of fused-ring (bicyclic) bond motifs is 1. The number of carboxylic acids is 1. The highest BCUT2D eigenvalue weighted by Gasteiger charge is 2.49. The summed E-state index contributed by atoms with van der Waals surface area (Å²) in [5.41, 5.74) is -2.95. The average molecular weight is 436 g/mol. The van der Waals surface area contributed by atoms with Crippen molar-refractivity contribution in [2.75, 3.05) is 0 Å². The van der Waals surface area contributed by atoms with E-state index in [9.17, 15) is 18.0 Å². The van der Waals surface area contributed by atoms with Crippen LogP contribution in [-0.4, -0.2) is 23.4 Å². The van der Waals surface area contributed by atoms with Crippen LogP contribution in [-0.2, 0) is 4.79 Å². The Kier molecular flexibility index (Phi) is 2.50. The molecule has 3 nitrogen and oxygen atoms in total. The summed E-state index contributed by atoms with van der Waals surface area (Å²) < 4.78 is 89.2. The molecule has 0 aliphatic carbocycles. The third kappa shape index (κ3) is 2.70. The molecule has 0 radical (unpaired) electrons. The standard InChI is InChI=1S/C13H9Br2F3O3/c1-4-6-3-7(12(19)20)11(13(16,17)18)21-10(6)9(15)5(2)8(4)14/h3,11H,1-2H3,(H,19,20)/i1D3,2D3. The summed E-state index contributed by atoms with van der Waals surface area (Å²) in [6.07, 6.45) is -7.48. The molecule has 1 unspecified atom stereocenters. The van der Waals surface area contributed by atoms with E-state index in [1.807, 2.05) is 0 Å².